The van der Waals surface area contributed by atoms with Crippen LogP contribution in [0, 0.1) is 0 Å². The molecule has 3 aromatic rings. The molecule has 1 aromatic heterocycles. The van der Waals surface area contributed by atoms with Crippen LogP contribution < -0.4 is 10.6 Å². The highest BCUT2D eigenvalue weighted by Gasteiger charge is 2.09. The number of nitrogens with one attached hydrogen (secondary N) is 2. The van der Waals surface area contributed by atoms with Gasteiger partial charge in [0.25, 0.3) is 0 Å². The van der Waals surface area contributed by atoms with Gasteiger partial charge in [0.1, 0.15) is 12.7 Å². The van der Waals surface area contributed by atoms with Gasteiger partial charge in [0.2, 0.25) is 5.91 Å². The van der Waals surface area contributed by atoms with Crippen LogP contribution in [0.4, 0.5) is 4.79 Å². The number of carbonyl (C=O) groups excluding carboxylic acids is 2. The Morgan fingerprint density at radius 3 is 2.40 bits per heavy atom. The molecule has 0 aliphatic heterocycles. The van der Waals surface area contributed by atoms with Crippen LogP contribution in [-0.2, 0) is 24.4 Å². The first-order chi connectivity index (χ1) is 14.6. The number of benzene rings is 2. The summed E-state index contributed by atoms with van der Waals surface area (Å²) in [7, 11) is 1.73. The molecule has 30 heavy (non-hydrogen) atoms. The van der Waals surface area contributed by atoms with Gasteiger partial charge >= 0.3 is 6.03 Å². The number of hydrogen-bond donors (Lipinski definition) is 2. The highest BCUT2D eigenvalue weighted by Crippen LogP contribution is 2.06. The monoisotopic (exact) mass is 406 g/mol. The van der Waals surface area contributed by atoms with E-state index in [0.29, 0.717) is 26.2 Å². The third-order valence-electron chi connectivity index (χ3n) is 4.56. The molecule has 0 saturated carbocycles. The number of urea groups is 1. The number of amides is 3. The van der Waals surface area contributed by atoms with Crippen LogP contribution in [0.3, 0.4) is 0 Å². The standard InChI is InChI=1S/C22H26N6O2/c1-27(14-19-5-3-2-4-6-19)22(30)24-12-11-21(29)25-13-18-7-9-20(10-8-18)15-28-17-23-16-26-28/h2-10,16-17H,11-15H2,1H3,(H,24,30)(H,25,29). The van der Waals surface area contributed by atoms with Gasteiger partial charge in [-0.2, -0.15) is 5.10 Å². The fraction of sp³-hybridized carbons (Fsp3) is 0.273. The summed E-state index contributed by atoms with van der Waals surface area (Å²) in [6.45, 7) is 1.92. The predicted molar refractivity (Wildman–Crippen MR) is 113 cm³/mol. The molecule has 0 saturated heterocycles. The summed E-state index contributed by atoms with van der Waals surface area (Å²) in [6.07, 6.45) is 3.41. The Hall–Kier alpha value is -3.68. The van der Waals surface area contributed by atoms with E-state index in [1.807, 2.05) is 54.6 Å². The molecule has 0 spiro atoms. The first-order valence-electron chi connectivity index (χ1n) is 9.80. The van der Waals surface area contributed by atoms with Gasteiger partial charge in [-0.1, -0.05) is 54.6 Å². The van der Waals surface area contributed by atoms with Crippen molar-refractivity contribution in [3.63, 3.8) is 0 Å². The second kappa shape index (κ2) is 10.8. The minimum absolute atomic E-state index is 0.104. The average Bonchev–Trinajstić information content (AvgIpc) is 3.27. The van der Waals surface area contributed by atoms with Crippen LogP contribution in [0.1, 0.15) is 23.1 Å². The molecule has 1 heterocycles. The number of hydrogen-bond acceptors (Lipinski definition) is 4. The molecule has 0 radical (unpaired) electrons. The lowest BCUT2D eigenvalue weighted by atomic mass is 10.1. The summed E-state index contributed by atoms with van der Waals surface area (Å²) in [4.78, 5) is 29.7. The van der Waals surface area contributed by atoms with Crippen molar-refractivity contribution < 1.29 is 9.59 Å². The van der Waals surface area contributed by atoms with E-state index in [4.69, 9.17) is 0 Å². The molecule has 0 aliphatic rings. The minimum atomic E-state index is -0.199. The number of nitrogens with zero attached hydrogens (tertiary/aromatic N) is 4. The third-order valence-corrected chi connectivity index (χ3v) is 4.56. The van der Waals surface area contributed by atoms with Crippen LogP contribution in [0.2, 0.25) is 0 Å². The molecule has 0 atom stereocenters. The summed E-state index contributed by atoms with van der Waals surface area (Å²) in [5.41, 5.74) is 3.18. The number of carbonyl (C=O) groups is 2. The van der Waals surface area contributed by atoms with Crippen molar-refractivity contribution in [2.24, 2.45) is 0 Å². The van der Waals surface area contributed by atoms with Gasteiger partial charge in [0, 0.05) is 33.1 Å². The Morgan fingerprint density at radius 1 is 0.967 bits per heavy atom. The zero-order valence-electron chi connectivity index (χ0n) is 17.0. The molecule has 0 fully saturated rings. The van der Waals surface area contributed by atoms with Crippen molar-refractivity contribution in [2.45, 2.75) is 26.1 Å². The van der Waals surface area contributed by atoms with Crippen molar-refractivity contribution in [1.29, 1.82) is 0 Å². The Labute approximate surface area is 175 Å². The van der Waals surface area contributed by atoms with Crippen LogP contribution in [0.5, 0.6) is 0 Å². The smallest absolute Gasteiger partial charge is 0.317 e. The molecule has 2 aromatic carbocycles. The maximum absolute atomic E-state index is 12.1. The average molecular weight is 406 g/mol. The Kier molecular flexibility index (Phi) is 7.54. The SMILES string of the molecule is CN(Cc1ccccc1)C(=O)NCCC(=O)NCc1ccc(Cn2cncn2)cc1. The molecule has 0 unspecified atom stereocenters. The maximum Gasteiger partial charge on any atom is 0.317 e. The van der Waals surface area contributed by atoms with Crippen molar-refractivity contribution in [3.8, 4) is 0 Å². The fourth-order valence-corrected chi connectivity index (χ4v) is 2.90. The van der Waals surface area contributed by atoms with E-state index in [1.165, 1.54) is 6.33 Å². The third kappa shape index (κ3) is 6.73. The van der Waals surface area contributed by atoms with Crippen molar-refractivity contribution in [2.75, 3.05) is 13.6 Å². The van der Waals surface area contributed by atoms with Crippen LogP contribution >= 0.6 is 0 Å². The van der Waals surface area contributed by atoms with Gasteiger partial charge in [0.15, 0.2) is 0 Å². The van der Waals surface area contributed by atoms with E-state index in [9.17, 15) is 9.59 Å². The Bertz CT molecular complexity index is 926. The zero-order chi connectivity index (χ0) is 21.2. The first-order valence-corrected chi connectivity index (χ1v) is 9.80. The highest BCUT2D eigenvalue weighted by atomic mass is 16.2. The van der Waals surface area contributed by atoms with Crippen LogP contribution in [-0.4, -0.2) is 45.2 Å². The molecular formula is C22H26N6O2. The molecule has 8 heteroatoms. The molecule has 2 N–H and O–H groups in total. The van der Waals surface area contributed by atoms with Crippen molar-refractivity contribution >= 4 is 11.9 Å². The lowest BCUT2D eigenvalue weighted by molar-refractivity contribution is -0.121. The second-order valence-electron chi connectivity index (χ2n) is 7.01. The molecule has 0 aliphatic carbocycles. The van der Waals surface area contributed by atoms with Gasteiger partial charge in [-0.15, -0.1) is 0 Å². The predicted octanol–water partition coefficient (Wildman–Crippen LogP) is 2.17. The largest absolute Gasteiger partial charge is 0.352 e. The van der Waals surface area contributed by atoms with E-state index < -0.39 is 0 Å². The Morgan fingerprint density at radius 2 is 1.70 bits per heavy atom. The number of rotatable bonds is 9. The lowest BCUT2D eigenvalue weighted by Crippen LogP contribution is -2.38. The minimum Gasteiger partial charge on any atom is -0.352 e. The van der Waals surface area contributed by atoms with E-state index in [2.05, 4.69) is 20.7 Å². The van der Waals surface area contributed by atoms with E-state index in [0.717, 1.165) is 16.7 Å². The normalized spacial score (nSPS) is 10.4. The van der Waals surface area contributed by atoms with Gasteiger partial charge in [-0.05, 0) is 16.7 Å². The molecule has 3 amide bonds. The van der Waals surface area contributed by atoms with Crippen LogP contribution in [0.15, 0.2) is 67.3 Å². The van der Waals surface area contributed by atoms with E-state index in [-0.39, 0.29) is 18.4 Å². The summed E-state index contributed by atoms with van der Waals surface area (Å²) < 4.78 is 1.75. The first kappa shape index (κ1) is 21.0. The van der Waals surface area contributed by atoms with Gasteiger partial charge in [-0.3, -0.25) is 4.79 Å². The highest BCUT2D eigenvalue weighted by molar-refractivity contribution is 5.78. The summed E-state index contributed by atoms with van der Waals surface area (Å²) in [6, 6.07) is 17.5. The molecule has 8 nitrogen and oxygen atoms in total. The molecule has 156 valence electrons. The summed E-state index contributed by atoms with van der Waals surface area (Å²) in [5.74, 6) is -0.104. The topological polar surface area (TPSA) is 92.2 Å². The van der Waals surface area contributed by atoms with Crippen molar-refractivity contribution in [1.82, 2.24) is 30.3 Å². The summed E-state index contributed by atoms with van der Waals surface area (Å²) >= 11 is 0. The number of aromatic nitrogens is 3. The summed E-state index contributed by atoms with van der Waals surface area (Å²) in [5, 5.41) is 9.73. The second-order valence-corrected chi connectivity index (χ2v) is 7.01. The zero-order valence-corrected chi connectivity index (χ0v) is 17.0. The molecule has 3 rings (SSSR count). The maximum atomic E-state index is 12.1. The molecule has 0 bridgehead atoms. The van der Waals surface area contributed by atoms with Crippen LogP contribution in [0.25, 0.3) is 0 Å². The lowest BCUT2D eigenvalue weighted by Gasteiger charge is -2.18. The quantitative estimate of drug-likeness (QED) is 0.570. The van der Waals surface area contributed by atoms with Gasteiger partial charge in [0.05, 0.1) is 6.54 Å². The Balaban J connectivity index is 1.33. The van der Waals surface area contributed by atoms with Gasteiger partial charge in [-0.25, -0.2) is 14.5 Å². The van der Waals surface area contributed by atoms with Crippen molar-refractivity contribution in [3.05, 3.63) is 83.9 Å². The van der Waals surface area contributed by atoms with Gasteiger partial charge < -0.3 is 15.5 Å². The molecular weight excluding hydrogens is 380 g/mol. The fourth-order valence-electron chi connectivity index (χ4n) is 2.90. The van der Waals surface area contributed by atoms with E-state index >= 15 is 0 Å². The van der Waals surface area contributed by atoms with E-state index in [1.54, 1.807) is 23.0 Å².